The molecule has 0 spiro atoms. The molecular weight excluding hydrogens is 244 g/mol. The lowest BCUT2D eigenvalue weighted by Crippen LogP contribution is -2.51. The van der Waals surface area contributed by atoms with E-state index in [0.717, 1.165) is 13.0 Å². The third kappa shape index (κ3) is 3.61. The quantitative estimate of drug-likeness (QED) is 0.853. The fourth-order valence-electron chi connectivity index (χ4n) is 2.40. The van der Waals surface area contributed by atoms with Crippen molar-refractivity contribution in [3.05, 3.63) is 0 Å². The Morgan fingerprint density at radius 3 is 2.21 bits per heavy atom. The molecule has 1 heterocycles. The van der Waals surface area contributed by atoms with E-state index < -0.39 is 11.4 Å². The van der Waals surface area contributed by atoms with Gasteiger partial charge >= 0.3 is 12.0 Å². The number of rotatable bonds is 4. The summed E-state index contributed by atoms with van der Waals surface area (Å²) in [4.78, 5) is 27.3. The largest absolute Gasteiger partial charge is 0.481 e. The summed E-state index contributed by atoms with van der Waals surface area (Å²) >= 11 is 0. The van der Waals surface area contributed by atoms with Gasteiger partial charge in [0.2, 0.25) is 0 Å². The molecule has 0 aromatic heterocycles. The highest BCUT2D eigenvalue weighted by atomic mass is 16.4. The van der Waals surface area contributed by atoms with Crippen LogP contribution in [0.3, 0.4) is 0 Å². The Bertz CT molecular complexity index is 334. The molecule has 1 N–H and O–H groups in total. The van der Waals surface area contributed by atoms with Gasteiger partial charge in [-0.1, -0.05) is 6.92 Å². The third-order valence-corrected chi connectivity index (χ3v) is 3.99. The third-order valence-electron chi connectivity index (χ3n) is 3.99. The summed E-state index contributed by atoms with van der Waals surface area (Å²) in [7, 11) is 0. The van der Waals surface area contributed by atoms with E-state index in [9.17, 15) is 14.7 Å². The fraction of sp³-hybridized carbons (Fsp3) is 0.857. The summed E-state index contributed by atoms with van der Waals surface area (Å²) < 4.78 is 0. The Kier molecular flexibility index (Phi) is 5.20. The zero-order valence-corrected chi connectivity index (χ0v) is 12.5. The standard InChI is InChI=1S/C14H26N2O3/c1-5-8-16(11(2)3)13(19)15-9-6-14(4,7-10-15)12(17)18/h11H,5-10H2,1-4H3,(H,17,18). The summed E-state index contributed by atoms with van der Waals surface area (Å²) in [5.74, 6) is -0.756. The summed E-state index contributed by atoms with van der Waals surface area (Å²) in [6.45, 7) is 9.67. The van der Waals surface area contributed by atoms with Gasteiger partial charge in [0.25, 0.3) is 0 Å². The van der Waals surface area contributed by atoms with Gasteiger partial charge in [0.05, 0.1) is 5.41 Å². The van der Waals surface area contributed by atoms with Crippen LogP contribution in [0.4, 0.5) is 4.79 Å². The van der Waals surface area contributed by atoms with Gasteiger partial charge in [-0.15, -0.1) is 0 Å². The zero-order chi connectivity index (χ0) is 14.6. The number of urea groups is 1. The first kappa shape index (κ1) is 15.8. The van der Waals surface area contributed by atoms with Crippen molar-refractivity contribution in [1.82, 2.24) is 9.80 Å². The molecule has 19 heavy (non-hydrogen) atoms. The monoisotopic (exact) mass is 270 g/mol. The van der Waals surface area contributed by atoms with Crippen LogP contribution in [0.5, 0.6) is 0 Å². The Hall–Kier alpha value is -1.26. The molecule has 0 atom stereocenters. The number of aliphatic carboxylic acids is 1. The molecule has 5 nitrogen and oxygen atoms in total. The normalized spacial score (nSPS) is 18.5. The van der Waals surface area contributed by atoms with Crippen LogP contribution in [-0.4, -0.2) is 52.6 Å². The number of nitrogens with zero attached hydrogens (tertiary/aromatic N) is 2. The number of amides is 2. The van der Waals surface area contributed by atoms with Crippen molar-refractivity contribution < 1.29 is 14.7 Å². The summed E-state index contributed by atoms with van der Waals surface area (Å²) in [6.07, 6.45) is 2.00. The molecule has 0 bridgehead atoms. The van der Waals surface area contributed by atoms with Crippen molar-refractivity contribution in [2.45, 2.75) is 53.0 Å². The molecule has 1 aliphatic rings. The van der Waals surface area contributed by atoms with Crippen molar-refractivity contribution >= 4 is 12.0 Å². The molecular formula is C14H26N2O3. The predicted octanol–water partition coefficient (Wildman–Crippen LogP) is 2.41. The first-order valence-electron chi connectivity index (χ1n) is 7.10. The van der Waals surface area contributed by atoms with Crippen LogP contribution in [0.15, 0.2) is 0 Å². The highest BCUT2D eigenvalue weighted by molar-refractivity contribution is 5.77. The molecule has 0 aromatic rings. The molecule has 1 saturated heterocycles. The van der Waals surface area contributed by atoms with E-state index in [1.807, 2.05) is 18.7 Å². The van der Waals surface area contributed by atoms with Crippen molar-refractivity contribution in [3.63, 3.8) is 0 Å². The van der Waals surface area contributed by atoms with Crippen LogP contribution < -0.4 is 0 Å². The number of carbonyl (C=O) groups excluding carboxylic acids is 1. The molecule has 1 rings (SSSR count). The van der Waals surface area contributed by atoms with Crippen LogP contribution >= 0.6 is 0 Å². The second-order valence-corrected chi connectivity index (χ2v) is 5.92. The van der Waals surface area contributed by atoms with Gasteiger partial charge in [0.15, 0.2) is 0 Å². The van der Waals surface area contributed by atoms with Gasteiger partial charge in [0, 0.05) is 25.7 Å². The summed E-state index contributed by atoms with van der Waals surface area (Å²) in [6, 6.07) is 0.226. The van der Waals surface area contributed by atoms with Crippen LogP contribution in [0, 0.1) is 5.41 Å². The molecule has 1 aliphatic heterocycles. The van der Waals surface area contributed by atoms with Crippen LogP contribution in [0.2, 0.25) is 0 Å². The molecule has 110 valence electrons. The topological polar surface area (TPSA) is 60.9 Å². The lowest BCUT2D eigenvalue weighted by molar-refractivity contribution is -0.150. The molecule has 0 aromatic carbocycles. The van der Waals surface area contributed by atoms with Crippen LogP contribution in [-0.2, 0) is 4.79 Å². The number of carboxylic acid groups (broad SMARTS) is 1. The van der Waals surface area contributed by atoms with E-state index in [1.54, 1.807) is 11.8 Å². The number of piperidine rings is 1. The minimum absolute atomic E-state index is 0.0456. The molecule has 0 aliphatic carbocycles. The van der Waals surface area contributed by atoms with Crippen molar-refractivity contribution in [2.75, 3.05) is 19.6 Å². The molecule has 1 fully saturated rings. The van der Waals surface area contributed by atoms with E-state index >= 15 is 0 Å². The molecule has 5 heteroatoms. The number of carboxylic acids is 1. The van der Waals surface area contributed by atoms with Gasteiger partial charge in [-0.05, 0) is 40.0 Å². The maximum atomic E-state index is 12.4. The van der Waals surface area contributed by atoms with Crippen LogP contribution in [0.25, 0.3) is 0 Å². The fourth-order valence-corrected chi connectivity index (χ4v) is 2.40. The van der Waals surface area contributed by atoms with E-state index in [1.165, 1.54) is 0 Å². The highest BCUT2D eigenvalue weighted by Crippen LogP contribution is 2.31. The number of likely N-dealkylation sites (tertiary alicyclic amines) is 1. The number of carbonyl (C=O) groups is 2. The lowest BCUT2D eigenvalue weighted by Gasteiger charge is -2.39. The average Bonchev–Trinajstić information content (AvgIpc) is 2.35. The van der Waals surface area contributed by atoms with Crippen molar-refractivity contribution in [1.29, 1.82) is 0 Å². The van der Waals surface area contributed by atoms with Crippen molar-refractivity contribution in [3.8, 4) is 0 Å². The highest BCUT2D eigenvalue weighted by Gasteiger charge is 2.38. The molecule has 2 amide bonds. The van der Waals surface area contributed by atoms with E-state index in [0.29, 0.717) is 25.9 Å². The van der Waals surface area contributed by atoms with Gasteiger partial charge in [-0.2, -0.15) is 0 Å². The second kappa shape index (κ2) is 6.26. The van der Waals surface area contributed by atoms with E-state index in [-0.39, 0.29) is 12.1 Å². The maximum Gasteiger partial charge on any atom is 0.320 e. The average molecular weight is 270 g/mol. The number of hydrogen-bond acceptors (Lipinski definition) is 2. The zero-order valence-electron chi connectivity index (χ0n) is 12.5. The van der Waals surface area contributed by atoms with E-state index in [4.69, 9.17) is 0 Å². The van der Waals surface area contributed by atoms with Gasteiger partial charge < -0.3 is 14.9 Å². The van der Waals surface area contributed by atoms with Gasteiger partial charge in [-0.25, -0.2) is 4.79 Å². The summed E-state index contributed by atoms with van der Waals surface area (Å²) in [5.41, 5.74) is -0.676. The van der Waals surface area contributed by atoms with Gasteiger partial charge in [-0.3, -0.25) is 4.79 Å². The van der Waals surface area contributed by atoms with Gasteiger partial charge in [0.1, 0.15) is 0 Å². The Morgan fingerprint density at radius 2 is 1.84 bits per heavy atom. The molecule has 0 radical (unpaired) electrons. The smallest absolute Gasteiger partial charge is 0.320 e. The van der Waals surface area contributed by atoms with Crippen molar-refractivity contribution in [2.24, 2.45) is 5.41 Å². The van der Waals surface area contributed by atoms with E-state index in [2.05, 4.69) is 6.92 Å². The molecule has 0 unspecified atom stereocenters. The predicted molar refractivity (Wildman–Crippen MR) is 74.1 cm³/mol. The summed E-state index contributed by atoms with van der Waals surface area (Å²) in [5, 5.41) is 9.19. The lowest BCUT2D eigenvalue weighted by atomic mass is 9.80. The first-order valence-corrected chi connectivity index (χ1v) is 7.10. The SMILES string of the molecule is CCCN(C(=O)N1CCC(C)(C(=O)O)CC1)C(C)C. The maximum absolute atomic E-state index is 12.4. The Morgan fingerprint density at radius 1 is 1.32 bits per heavy atom. The minimum atomic E-state index is -0.756. The first-order chi connectivity index (χ1) is 8.81. The minimum Gasteiger partial charge on any atom is -0.481 e. The van der Waals surface area contributed by atoms with Crippen LogP contribution in [0.1, 0.15) is 47.0 Å². The number of hydrogen-bond donors (Lipinski definition) is 1. The Balaban J connectivity index is 2.64. The Labute approximate surface area is 115 Å². The second-order valence-electron chi connectivity index (χ2n) is 5.92. The molecule has 0 saturated carbocycles.